The fourth-order valence-corrected chi connectivity index (χ4v) is 2.36. The lowest BCUT2D eigenvalue weighted by Gasteiger charge is -2.32. The van der Waals surface area contributed by atoms with E-state index in [1.54, 1.807) is 32.2 Å². The van der Waals surface area contributed by atoms with E-state index < -0.39 is 24.0 Å². The molecule has 0 atom stereocenters. The maximum Gasteiger partial charge on any atom is 0.525 e. The van der Waals surface area contributed by atoms with Gasteiger partial charge in [-0.05, 0) is 52.3 Å². The number of benzene rings is 1. The van der Waals surface area contributed by atoms with E-state index >= 15 is 0 Å². The quantitative estimate of drug-likeness (QED) is 0.784. The molecule has 0 N–H and O–H groups in total. The zero-order valence-electron chi connectivity index (χ0n) is 14.8. The number of allylic oxidation sites excluding steroid dienone is 1. The molecule has 1 fully saturated rings. The lowest BCUT2D eigenvalue weighted by atomic mass is 9.83. The minimum Gasteiger partial charge on any atom is -0.497 e. The van der Waals surface area contributed by atoms with Gasteiger partial charge in [0.1, 0.15) is 17.2 Å². The van der Waals surface area contributed by atoms with Crippen LogP contribution in [0.1, 0.15) is 40.2 Å². The molecule has 1 aromatic carbocycles. The Kier molecular flexibility index (Phi) is 4.78. The van der Waals surface area contributed by atoms with Gasteiger partial charge < -0.3 is 18.8 Å². The number of halogens is 1. The van der Waals surface area contributed by atoms with Gasteiger partial charge in [-0.3, -0.25) is 0 Å². The summed E-state index contributed by atoms with van der Waals surface area (Å²) in [5.74, 6) is 1.18. The van der Waals surface area contributed by atoms with Crippen LogP contribution in [0.4, 0.5) is 4.39 Å². The van der Waals surface area contributed by atoms with Gasteiger partial charge in [0.2, 0.25) is 0 Å². The maximum atomic E-state index is 14.9. The van der Waals surface area contributed by atoms with Crippen LogP contribution < -0.4 is 9.47 Å². The second-order valence-corrected chi connectivity index (χ2v) is 6.63. The van der Waals surface area contributed by atoms with E-state index in [1.807, 2.05) is 27.7 Å². The highest BCUT2D eigenvalue weighted by molar-refractivity contribution is 6.55. The first-order valence-corrected chi connectivity index (χ1v) is 7.57. The van der Waals surface area contributed by atoms with Crippen LogP contribution in [0.3, 0.4) is 0 Å². The maximum absolute atomic E-state index is 14.9. The van der Waals surface area contributed by atoms with Gasteiger partial charge in [-0.25, -0.2) is 4.39 Å². The van der Waals surface area contributed by atoms with Crippen molar-refractivity contribution in [1.82, 2.24) is 0 Å². The first-order chi connectivity index (χ1) is 10.6. The van der Waals surface area contributed by atoms with Gasteiger partial charge in [0, 0.05) is 11.6 Å². The molecule has 2 rings (SSSR count). The highest BCUT2D eigenvalue weighted by Gasteiger charge is 2.53. The Balaban J connectivity index is 2.39. The predicted molar refractivity (Wildman–Crippen MR) is 89.3 cm³/mol. The van der Waals surface area contributed by atoms with Crippen molar-refractivity contribution in [3.8, 4) is 11.5 Å². The summed E-state index contributed by atoms with van der Waals surface area (Å²) in [6.07, 6.45) is 0. The van der Waals surface area contributed by atoms with E-state index in [-0.39, 0.29) is 0 Å². The topological polar surface area (TPSA) is 36.9 Å². The normalized spacial score (nSPS) is 20.3. The van der Waals surface area contributed by atoms with Crippen LogP contribution in [0, 0.1) is 0 Å². The first-order valence-electron chi connectivity index (χ1n) is 7.57. The summed E-state index contributed by atoms with van der Waals surface area (Å²) in [5.41, 5.74) is -0.561. The molecule has 23 heavy (non-hydrogen) atoms. The van der Waals surface area contributed by atoms with Crippen molar-refractivity contribution in [2.75, 3.05) is 14.2 Å². The van der Waals surface area contributed by atoms with Gasteiger partial charge >= 0.3 is 7.12 Å². The van der Waals surface area contributed by atoms with Crippen LogP contribution in [-0.4, -0.2) is 32.5 Å². The molecule has 0 spiro atoms. The highest BCUT2D eigenvalue weighted by Crippen LogP contribution is 2.41. The molecule has 1 aliphatic rings. The number of ether oxygens (including phenoxy) is 2. The summed E-state index contributed by atoms with van der Waals surface area (Å²) in [4.78, 5) is 0. The van der Waals surface area contributed by atoms with E-state index in [9.17, 15) is 4.39 Å². The fraction of sp³-hybridized carbons (Fsp3) is 0.529. The van der Waals surface area contributed by atoms with Gasteiger partial charge in [0.05, 0.1) is 25.4 Å². The minimum absolute atomic E-state index is 0.419. The summed E-state index contributed by atoms with van der Waals surface area (Å²) in [5, 5.41) is 0. The minimum atomic E-state index is -1.02. The van der Waals surface area contributed by atoms with Crippen LogP contribution in [-0.2, 0) is 9.31 Å². The van der Waals surface area contributed by atoms with Crippen LogP contribution >= 0.6 is 0 Å². The molecule has 1 aromatic rings. The van der Waals surface area contributed by atoms with E-state index in [4.69, 9.17) is 18.8 Å². The molecule has 0 amide bonds. The third kappa shape index (κ3) is 3.24. The summed E-state index contributed by atoms with van der Waals surface area (Å²) in [6.45, 7) is 9.25. The molecule has 0 saturated carbocycles. The Hall–Kier alpha value is -1.53. The molecule has 0 radical (unpaired) electrons. The van der Waals surface area contributed by atoms with E-state index in [0.29, 0.717) is 22.6 Å². The van der Waals surface area contributed by atoms with Crippen molar-refractivity contribution >= 4 is 12.7 Å². The van der Waals surface area contributed by atoms with Crippen molar-refractivity contribution in [2.45, 2.75) is 45.8 Å². The van der Waals surface area contributed by atoms with Crippen molar-refractivity contribution < 1.29 is 23.2 Å². The van der Waals surface area contributed by atoms with Gasteiger partial charge in [0.15, 0.2) is 0 Å². The standard InChI is InChI=1S/C17H24BFO4/c1-11(13-9-8-12(20-6)10-14(13)21-7)15(19)18-22-16(2,3)17(4,5)23-18/h8-10H,1-7H3. The molecule has 4 nitrogen and oxygen atoms in total. The lowest BCUT2D eigenvalue weighted by molar-refractivity contribution is 0.00578. The van der Waals surface area contributed by atoms with E-state index in [1.165, 1.54) is 7.11 Å². The molecule has 6 heteroatoms. The molecule has 0 bridgehead atoms. The van der Waals surface area contributed by atoms with Crippen LogP contribution in [0.2, 0.25) is 0 Å². The number of hydrogen-bond acceptors (Lipinski definition) is 4. The van der Waals surface area contributed by atoms with Gasteiger partial charge in [-0.2, -0.15) is 0 Å². The number of rotatable bonds is 4. The molecule has 1 heterocycles. The Labute approximate surface area is 137 Å². The molecular weight excluding hydrogens is 298 g/mol. The average molecular weight is 322 g/mol. The predicted octanol–water partition coefficient (Wildman–Crippen LogP) is 4.04. The molecular formula is C17H24BFO4. The average Bonchev–Trinajstić information content (AvgIpc) is 2.73. The van der Waals surface area contributed by atoms with Gasteiger partial charge in [-0.1, -0.05) is 0 Å². The van der Waals surface area contributed by atoms with Crippen LogP contribution in [0.15, 0.2) is 23.9 Å². The second-order valence-electron chi connectivity index (χ2n) is 6.63. The largest absolute Gasteiger partial charge is 0.525 e. The molecule has 1 saturated heterocycles. The zero-order valence-corrected chi connectivity index (χ0v) is 14.8. The van der Waals surface area contributed by atoms with Crippen molar-refractivity contribution in [2.24, 2.45) is 0 Å². The lowest BCUT2D eigenvalue weighted by Crippen LogP contribution is -2.41. The van der Waals surface area contributed by atoms with Crippen molar-refractivity contribution in [1.29, 1.82) is 0 Å². The zero-order chi connectivity index (χ0) is 17.4. The van der Waals surface area contributed by atoms with Crippen molar-refractivity contribution in [3.63, 3.8) is 0 Å². The number of hydrogen-bond donors (Lipinski definition) is 0. The molecule has 0 aromatic heterocycles. The fourth-order valence-electron chi connectivity index (χ4n) is 2.36. The second kappa shape index (κ2) is 6.17. The summed E-state index contributed by atoms with van der Waals surface area (Å²) in [7, 11) is 2.09. The van der Waals surface area contributed by atoms with Gasteiger partial charge in [0.25, 0.3) is 0 Å². The Morgan fingerprint density at radius 1 is 1.04 bits per heavy atom. The molecule has 126 valence electrons. The Morgan fingerprint density at radius 2 is 1.61 bits per heavy atom. The molecule has 0 unspecified atom stereocenters. The monoisotopic (exact) mass is 322 g/mol. The molecule has 1 aliphatic heterocycles. The first kappa shape index (κ1) is 17.8. The summed E-state index contributed by atoms with van der Waals surface area (Å²) >= 11 is 0. The third-order valence-electron chi connectivity index (χ3n) is 4.63. The Morgan fingerprint density at radius 3 is 2.09 bits per heavy atom. The summed E-state index contributed by atoms with van der Waals surface area (Å²) in [6, 6.07) is 5.24. The third-order valence-corrected chi connectivity index (χ3v) is 4.63. The summed E-state index contributed by atoms with van der Waals surface area (Å²) < 4.78 is 37.0. The molecule has 0 aliphatic carbocycles. The van der Waals surface area contributed by atoms with E-state index in [0.717, 1.165) is 0 Å². The smallest absolute Gasteiger partial charge is 0.497 e. The highest BCUT2D eigenvalue weighted by atomic mass is 19.1. The Bertz CT molecular complexity index is 609. The number of methoxy groups -OCH3 is 2. The van der Waals surface area contributed by atoms with Gasteiger partial charge in [-0.15, -0.1) is 0 Å². The van der Waals surface area contributed by atoms with Crippen LogP contribution in [0.5, 0.6) is 11.5 Å². The SMILES string of the molecule is COc1ccc(C(C)=C(F)B2OC(C)(C)C(C)(C)O2)c(OC)c1. The van der Waals surface area contributed by atoms with Crippen LogP contribution in [0.25, 0.3) is 5.57 Å². The van der Waals surface area contributed by atoms with Crippen molar-refractivity contribution in [3.05, 3.63) is 29.5 Å². The van der Waals surface area contributed by atoms with E-state index in [2.05, 4.69) is 0 Å².